The summed E-state index contributed by atoms with van der Waals surface area (Å²) in [6, 6.07) is 12.6. The van der Waals surface area contributed by atoms with Gasteiger partial charge in [0, 0.05) is 24.2 Å². The first-order valence-electron chi connectivity index (χ1n) is 8.60. The maximum atomic E-state index is 12.1. The summed E-state index contributed by atoms with van der Waals surface area (Å²) in [4.78, 5) is 24.3. The first kappa shape index (κ1) is 17.8. The molecule has 0 bridgehead atoms. The maximum absolute atomic E-state index is 12.1. The number of fused-ring (bicyclic) bond motifs is 1. The molecule has 136 valence electrons. The van der Waals surface area contributed by atoms with Crippen LogP contribution in [0.4, 0.5) is 0 Å². The Morgan fingerprint density at radius 3 is 2.12 bits per heavy atom. The number of ether oxygens (including phenoxy) is 2. The fourth-order valence-electron chi connectivity index (χ4n) is 2.61. The second kappa shape index (κ2) is 7.91. The van der Waals surface area contributed by atoms with Gasteiger partial charge in [0.1, 0.15) is 0 Å². The summed E-state index contributed by atoms with van der Waals surface area (Å²) in [6.07, 6.45) is 0. The Kier molecular flexibility index (Phi) is 5.41. The van der Waals surface area contributed by atoms with Gasteiger partial charge in [-0.05, 0) is 41.8 Å². The smallest absolute Gasteiger partial charge is 0.251 e. The van der Waals surface area contributed by atoms with Crippen LogP contribution in [0.15, 0.2) is 42.5 Å². The van der Waals surface area contributed by atoms with Gasteiger partial charge in [0.2, 0.25) is 6.79 Å². The summed E-state index contributed by atoms with van der Waals surface area (Å²) in [7, 11) is 0. The first-order chi connectivity index (χ1) is 12.5. The summed E-state index contributed by atoms with van der Waals surface area (Å²) >= 11 is 0. The molecule has 2 aromatic rings. The summed E-state index contributed by atoms with van der Waals surface area (Å²) in [5.41, 5.74) is 2.29. The molecule has 0 unspecified atom stereocenters. The second-order valence-electron chi connectivity index (χ2n) is 6.36. The van der Waals surface area contributed by atoms with Crippen LogP contribution in [0.1, 0.15) is 46.0 Å². The third-order valence-corrected chi connectivity index (χ3v) is 4.17. The number of amides is 2. The molecule has 0 saturated heterocycles. The van der Waals surface area contributed by atoms with Crippen LogP contribution in [0.25, 0.3) is 0 Å². The van der Waals surface area contributed by atoms with E-state index >= 15 is 0 Å². The molecular weight excluding hydrogens is 332 g/mol. The molecule has 26 heavy (non-hydrogen) atoms. The molecule has 0 spiro atoms. The number of carbonyl (C=O) groups excluding carboxylic acids is 2. The lowest BCUT2D eigenvalue weighted by atomic mass is 10.0. The van der Waals surface area contributed by atoms with Crippen LogP contribution in [-0.2, 0) is 0 Å². The summed E-state index contributed by atoms with van der Waals surface area (Å²) in [6.45, 7) is 5.07. The predicted molar refractivity (Wildman–Crippen MR) is 97.8 cm³/mol. The number of carbonyl (C=O) groups is 2. The molecule has 0 radical (unpaired) electrons. The van der Waals surface area contributed by atoms with Crippen LogP contribution in [0, 0.1) is 0 Å². The Morgan fingerprint density at radius 1 is 0.885 bits per heavy atom. The zero-order valence-electron chi connectivity index (χ0n) is 14.9. The lowest BCUT2D eigenvalue weighted by Crippen LogP contribution is -2.34. The van der Waals surface area contributed by atoms with Gasteiger partial charge < -0.3 is 20.1 Å². The van der Waals surface area contributed by atoms with E-state index in [2.05, 4.69) is 24.5 Å². The normalized spacial score (nSPS) is 12.1. The molecule has 2 aromatic carbocycles. The van der Waals surface area contributed by atoms with Gasteiger partial charge in [0.05, 0.1) is 0 Å². The minimum absolute atomic E-state index is 0.155. The van der Waals surface area contributed by atoms with Crippen molar-refractivity contribution in [3.63, 3.8) is 0 Å². The van der Waals surface area contributed by atoms with E-state index < -0.39 is 0 Å². The standard InChI is InChI=1S/C20H22N2O4/c1-13(2)14-3-5-15(6-4-14)19(23)21-9-10-22-20(24)16-7-8-17-18(11-16)26-12-25-17/h3-8,11,13H,9-10,12H2,1-2H3,(H,21,23)(H,22,24). The van der Waals surface area contributed by atoms with E-state index in [9.17, 15) is 9.59 Å². The highest BCUT2D eigenvalue weighted by molar-refractivity contribution is 5.95. The van der Waals surface area contributed by atoms with Crippen LogP contribution in [0.2, 0.25) is 0 Å². The van der Waals surface area contributed by atoms with E-state index in [-0.39, 0.29) is 18.6 Å². The molecule has 1 aliphatic heterocycles. The zero-order valence-corrected chi connectivity index (χ0v) is 14.9. The lowest BCUT2D eigenvalue weighted by Gasteiger charge is -2.09. The predicted octanol–water partition coefficient (Wildman–Crippen LogP) is 2.70. The topological polar surface area (TPSA) is 76.7 Å². The highest BCUT2D eigenvalue weighted by atomic mass is 16.7. The fourth-order valence-corrected chi connectivity index (χ4v) is 2.61. The van der Waals surface area contributed by atoms with Gasteiger partial charge in [0.25, 0.3) is 11.8 Å². The quantitative estimate of drug-likeness (QED) is 0.782. The van der Waals surface area contributed by atoms with Crippen molar-refractivity contribution in [3.05, 3.63) is 59.2 Å². The van der Waals surface area contributed by atoms with E-state index in [0.29, 0.717) is 41.6 Å². The van der Waals surface area contributed by atoms with Gasteiger partial charge in [0.15, 0.2) is 11.5 Å². The van der Waals surface area contributed by atoms with Crippen LogP contribution >= 0.6 is 0 Å². The molecular formula is C20H22N2O4. The Morgan fingerprint density at radius 2 is 1.46 bits per heavy atom. The van der Waals surface area contributed by atoms with Crippen molar-refractivity contribution in [1.29, 1.82) is 0 Å². The number of nitrogens with one attached hydrogen (secondary N) is 2. The molecule has 2 N–H and O–H groups in total. The van der Waals surface area contributed by atoms with E-state index in [1.165, 1.54) is 5.56 Å². The van der Waals surface area contributed by atoms with Gasteiger partial charge in [-0.25, -0.2) is 0 Å². The van der Waals surface area contributed by atoms with Gasteiger partial charge in [-0.3, -0.25) is 9.59 Å². The average Bonchev–Trinajstić information content (AvgIpc) is 3.12. The highest BCUT2D eigenvalue weighted by Gasteiger charge is 2.16. The van der Waals surface area contributed by atoms with E-state index in [0.717, 1.165) is 0 Å². The molecule has 0 atom stereocenters. The molecule has 0 aliphatic carbocycles. The molecule has 1 aliphatic rings. The molecule has 1 heterocycles. The van der Waals surface area contributed by atoms with Crippen molar-refractivity contribution in [2.45, 2.75) is 19.8 Å². The van der Waals surface area contributed by atoms with Crippen molar-refractivity contribution < 1.29 is 19.1 Å². The third kappa shape index (κ3) is 4.14. The molecule has 6 heteroatoms. The van der Waals surface area contributed by atoms with E-state index in [1.807, 2.05) is 24.3 Å². The van der Waals surface area contributed by atoms with Gasteiger partial charge in [-0.15, -0.1) is 0 Å². The number of rotatable bonds is 6. The number of hydrogen-bond acceptors (Lipinski definition) is 4. The summed E-state index contributed by atoms with van der Waals surface area (Å²) < 4.78 is 10.5. The largest absolute Gasteiger partial charge is 0.454 e. The van der Waals surface area contributed by atoms with Crippen LogP contribution < -0.4 is 20.1 Å². The lowest BCUT2D eigenvalue weighted by molar-refractivity contribution is 0.0927. The number of benzene rings is 2. The van der Waals surface area contributed by atoms with Gasteiger partial charge in [-0.2, -0.15) is 0 Å². The van der Waals surface area contributed by atoms with Crippen molar-refractivity contribution in [1.82, 2.24) is 10.6 Å². The van der Waals surface area contributed by atoms with Crippen LogP contribution in [0.3, 0.4) is 0 Å². The molecule has 2 amide bonds. The number of hydrogen-bond donors (Lipinski definition) is 2. The van der Waals surface area contributed by atoms with Crippen molar-refractivity contribution in [2.75, 3.05) is 19.9 Å². The molecule has 0 fully saturated rings. The SMILES string of the molecule is CC(C)c1ccc(C(=O)NCCNC(=O)c2ccc3c(c2)OCO3)cc1. The molecule has 0 aromatic heterocycles. The minimum Gasteiger partial charge on any atom is -0.454 e. The highest BCUT2D eigenvalue weighted by Crippen LogP contribution is 2.32. The fraction of sp³-hybridized carbons (Fsp3) is 0.300. The minimum atomic E-state index is -0.223. The maximum Gasteiger partial charge on any atom is 0.251 e. The van der Waals surface area contributed by atoms with Gasteiger partial charge in [-0.1, -0.05) is 26.0 Å². The Labute approximate surface area is 152 Å². The van der Waals surface area contributed by atoms with Gasteiger partial charge >= 0.3 is 0 Å². The van der Waals surface area contributed by atoms with Crippen LogP contribution in [0.5, 0.6) is 11.5 Å². The van der Waals surface area contributed by atoms with Crippen molar-refractivity contribution in [3.8, 4) is 11.5 Å². The van der Waals surface area contributed by atoms with Crippen molar-refractivity contribution >= 4 is 11.8 Å². The zero-order chi connectivity index (χ0) is 18.5. The third-order valence-electron chi connectivity index (χ3n) is 4.17. The monoisotopic (exact) mass is 354 g/mol. The molecule has 6 nitrogen and oxygen atoms in total. The molecule has 3 rings (SSSR count). The van der Waals surface area contributed by atoms with E-state index in [4.69, 9.17) is 9.47 Å². The summed E-state index contributed by atoms with van der Waals surface area (Å²) in [5.74, 6) is 1.25. The molecule has 0 saturated carbocycles. The summed E-state index contributed by atoms with van der Waals surface area (Å²) in [5, 5.41) is 5.57. The Balaban J connectivity index is 1.44. The van der Waals surface area contributed by atoms with Crippen molar-refractivity contribution in [2.24, 2.45) is 0 Å². The first-order valence-corrected chi connectivity index (χ1v) is 8.60. The average molecular weight is 354 g/mol. The van der Waals surface area contributed by atoms with Crippen LogP contribution in [-0.4, -0.2) is 31.7 Å². The Bertz CT molecular complexity index is 800. The Hall–Kier alpha value is -3.02. The van der Waals surface area contributed by atoms with E-state index in [1.54, 1.807) is 18.2 Å². The second-order valence-corrected chi connectivity index (χ2v) is 6.36.